The van der Waals surface area contributed by atoms with Crippen molar-refractivity contribution in [2.45, 2.75) is 0 Å². The molecule has 8 heteroatoms. The summed E-state index contributed by atoms with van der Waals surface area (Å²) in [4.78, 5) is 12.3. The molecule has 134 valence electrons. The zero-order valence-corrected chi connectivity index (χ0v) is 14.9. The molecule has 4 N–H and O–H groups in total. The number of carbonyl (C=O) groups excluding carboxylic acids is 1. The number of anilines is 3. The number of nitrogens with zero attached hydrogens (tertiary/aromatic N) is 1. The predicted octanol–water partition coefficient (Wildman–Crippen LogP) is 3.40. The van der Waals surface area contributed by atoms with Crippen molar-refractivity contribution in [1.82, 2.24) is 0 Å². The van der Waals surface area contributed by atoms with Gasteiger partial charge in [-0.25, -0.2) is 0 Å². The smallest absolute Gasteiger partial charge is 0.267 e. The third kappa shape index (κ3) is 4.59. The van der Waals surface area contributed by atoms with Crippen LogP contribution < -0.4 is 25.8 Å². The van der Waals surface area contributed by atoms with Crippen LogP contribution in [0.3, 0.4) is 0 Å². The first-order valence-corrected chi connectivity index (χ1v) is 7.81. The second-order valence-electron chi connectivity index (χ2n) is 5.07. The van der Waals surface area contributed by atoms with Gasteiger partial charge in [-0.15, -0.1) is 0 Å². The zero-order chi connectivity index (χ0) is 19.1. The van der Waals surface area contributed by atoms with Gasteiger partial charge < -0.3 is 25.8 Å². The molecule has 0 saturated carbocycles. The highest BCUT2D eigenvalue weighted by atomic mass is 35.5. The molecule has 0 unspecified atom stereocenters. The van der Waals surface area contributed by atoms with Gasteiger partial charge in [0, 0.05) is 18.0 Å². The number of benzene rings is 2. The van der Waals surface area contributed by atoms with Crippen LogP contribution in [0.5, 0.6) is 11.5 Å². The minimum absolute atomic E-state index is 0.143. The normalized spacial score (nSPS) is 10.6. The Bertz CT molecular complexity index is 890. The van der Waals surface area contributed by atoms with Crippen molar-refractivity contribution in [2.75, 3.05) is 30.6 Å². The number of nitrogens with one attached hydrogen (secondary N) is 2. The van der Waals surface area contributed by atoms with Crippen molar-refractivity contribution >= 4 is 34.6 Å². The fraction of sp³-hybridized carbons (Fsp3) is 0.111. The number of nitriles is 1. The van der Waals surface area contributed by atoms with E-state index in [0.29, 0.717) is 28.6 Å². The molecule has 0 atom stereocenters. The van der Waals surface area contributed by atoms with E-state index in [9.17, 15) is 10.1 Å². The van der Waals surface area contributed by atoms with Gasteiger partial charge in [0.05, 0.1) is 30.6 Å². The third-order valence-corrected chi connectivity index (χ3v) is 3.70. The molecule has 0 bridgehead atoms. The molecule has 1 amide bonds. The second kappa shape index (κ2) is 8.65. The van der Waals surface area contributed by atoms with Crippen LogP contribution in [0.4, 0.5) is 17.1 Å². The third-order valence-electron chi connectivity index (χ3n) is 3.39. The van der Waals surface area contributed by atoms with Crippen LogP contribution in [0.1, 0.15) is 0 Å². The van der Waals surface area contributed by atoms with E-state index in [2.05, 4.69) is 10.6 Å². The lowest BCUT2D eigenvalue weighted by Gasteiger charge is -2.11. The SMILES string of the molecule is COc1ccc(N/C=C(/C#N)C(=O)Nc2ccc(N)cc2Cl)c(OC)c1. The number of hydrogen-bond acceptors (Lipinski definition) is 6. The van der Waals surface area contributed by atoms with Crippen molar-refractivity contribution in [2.24, 2.45) is 0 Å². The Morgan fingerprint density at radius 1 is 1.19 bits per heavy atom. The second-order valence-corrected chi connectivity index (χ2v) is 5.48. The van der Waals surface area contributed by atoms with Crippen LogP contribution >= 0.6 is 11.6 Å². The molecule has 0 saturated heterocycles. The minimum atomic E-state index is -0.612. The Labute approximate surface area is 156 Å². The van der Waals surface area contributed by atoms with Crippen LogP contribution in [0.15, 0.2) is 48.2 Å². The predicted molar refractivity (Wildman–Crippen MR) is 101 cm³/mol. The number of ether oxygens (including phenoxy) is 2. The Hall–Kier alpha value is -3.37. The van der Waals surface area contributed by atoms with Crippen molar-refractivity contribution in [1.29, 1.82) is 5.26 Å². The lowest BCUT2D eigenvalue weighted by molar-refractivity contribution is -0.112. The van der Waals surface area contributed by atoms with Crippen LogP contribution in [0.2, 0.25) is 5.02 Å². The molecule has 7 nitrogen and oxygen atoms in total. The first-order valence-electron chi connectivity index (χ1n) is 7.43. The molecule has 2 rings (SSSR count). The first-order chi connectivity index (χ1) is 12.5. The summed E-state index contributed by atoms with van der Waals surface area (Å²) in [6, 6.07) is 11.6. The highest BCUT2D eigenvalue weighted by Crippen LogP contribution is 2.29. The maximum Gasteiger partial charge on any atom is 0.267 e. The molecule has 0 aromatic heterocycles. The summed E-state index contributed by atoms with van der Waals surface area (Å²) in [5, 5.41) is 15.0. The fourth-order valence-electron chi connectivity index (χ4n) is 2.04. The van der Waals surface area contributed by atoms with Gasteiger partial charge in [-0.1, -0.05) is 11.6 Å². The van der Waals surface area contributed by atoms with Gasteiger partial charge >= 0.3 is 0 Å². The fourth-order valence-corrected chi connectivity index (χ4v) is 2.27. The quantitative estimate of drug-likeness (QED) is 0.407. The van der Waals surface area contributed by atoms with Crippen molar-refractivity contribution in [3.05, 3.63) is 53.2 Å². The molecular weight excluding hydrogens is 356 g/mol. The molecule has 26 heavy (non-hydrogen) atoms. The zero-order valence-electron chi connectivity index (χ0n) is 14.2. The number of amides is 1. The largest absolute Gasteiger partial charge is 0.497 e. The maximum absolute atomic E-state index is 12.3. The molecule has 0 heterocycles. The molecule has 0 radical (unpaired) electrons. The van der Waals surface area contributed by atoms with Gasteiger partial charge in [0.15, 0.2) is 0 Å². The number of rotatable bonds is 6. The average molecular weight is 373 g/mol. The Morgan fingerprint density at radius 3 is 2.54 bits per heavy atom. The van der Waals surface area contributed by atoms with Gasteiger partial charge in [-0.05, 0) is 30.3 Å². The molecule has 0 aliphatic heterocycles. The summed E-state index contributed by atoms with van der Waals surface area (Å²) in [6.07, 6.45) is 1.28. The summed E-state index contributed by atoms with van der Waals surface area (Å²) < 4.78 is 10.4. The van der Waals surface area contributed by atoms with E-state index in [1.165, 1.54) is 19.4 Å². The summed E-state index contributed by atoms with van der Waals surface area (Å²) in [5.41, 5.74) is 6.86. The van der Waals surface area contributed by atoms with Crippen LogP contribution in [-0.4, -0.2) is 20.1 Å². The molecule has 0 fully saturated rings. The lowest BCUT2D eigenvalue weighted by atomic mass is 10.2. The van der Waals surface area contributed by atoms with E-state index in [0.717, 1.165) is 0 Å². The highest BCUT2D eigenvalue weighted by Gasteiger charge is 2.12. The number of hydrogen-bond donors (Lipinski definition) is 3. The van der Waals surface area contributed by atoms with Crippen molar-refractivity contribution < 1.29 is 14.3 Å². The summed E-state index contributed by atoms with van der Waals surface area (Å²) >= 11 is 6.02. The average Bonchev–Trinajstić information content (AvgIpc) is 2.64. The van der Waals surface area contributed by atoms with Crippen LogP contribution in [-0.2, 0) is 4.79 Å². The van der Waals surface area contributed by atoms with E-state index >= 15 is 0 Å². The number of carbonyl (C=O) groups is 1. The Kier molecular flexibility index (Phi) is 6.31. The summed E-state index contributed by atoms with van der Waals surface area (Å²) in [5.74, 6) is 0.506. The van der Waals surface area contributed by atoms with Gasteiger partial charge in [0.2, 0.25) is 0 Å². The van der Waals surface area contributed by atoms with Crippen molar-refractivity contribution in [3.63, 3.8) is 0 Å². The van der Waals surface area contributed by atoms with Crippen molar-refractivity contribution in [3.8, 4) is 17.6 Å². The van der Waals surface area contributed by atoms with Gasteiger partial charge in [-0.2, -0.15) is 5.26 Å². The Morgan fingerprint density at radius 2 is 1.92 bits per heavy atom. The van der Waals surface area contributed by atoms with E-state index in [1.807, 2.05) is 6.07 Å². The highest BCUT2D eigenvalue weighted by molar-refractivity contribution is 6.34. The van der Waals surface area contributed by atoms with Gasteiger partial charge in [0.25, 0.3) is 5.91 Å². The van der Waals surface area contributed by atoms with Crippen LogP contribution in [0.25, 0.3) is 0 Å². The first kappa shape index (κ1) is 19.0. The van der Waals surface area contributed by atoms with Gasteiger partial charge in [-0.3, -0.25) is 4.79 Å². The monoisotopic (exact) mass is 372 g/mol. The topological polar surface area (TPSA) is 109 Å². The molecule has 2 aromatic carbocycles. The molecule has 0 aliphatic carbocycles. The minimum Gasteiger partial charge on any atom is -0.497 e. The van der Waals surface area contributed by atoms with Crippen LogP contribution in [0, 0.1) is 11.3 Å². The number of nitrogen functional groups attached to an aromatic ring is 1. The van der Waals surface area contributed by atoms with E-state index in [-0.39, 0.29) is 10.6 Å². The number of methoxy groups -OCH3 is 2. The van der Waals surface area contributed by atoms with Gasteiger partial charge in [0.1, 0.15) is 23.1 Å². The van der Waals surface area contributed by atoms with E-state index in [4.69, 9.17) is 26.8 Å². The molecule has 0 spiro atoms. The van der Waals surface area contributed by atoms with E-state index in [1.54, 1.807) is 37.4 Å². The molecule has 0 aliphatic rings. The summed E-state index contributed by atoms with van der Waals surface area (Å²) in [7, 11) is 3.05. The lowest BCUT2D eigenvalue weighted by Crippen LogP contribution is -2.15. The number of halogens is 1. The standard InChI is InChI=1S/C18H17ClN4O3/c1-25-13-4-6-16(17(8-13)26-2)22-10-11(9-20)18(24)23-15-5-3-12(21)7-14(15)19/h3-8,10,22H,21H2,1-2H3,(H,23,24)/b11-10-. The maximum atomic E-state index is 12.3. The molecule has 2 aromatic rings. The molecular formula is C18H17ClN4O3. The van der Waals surface area contributed by atoms with E-state index < -0.39 is 5.91 Å². The number of nitrogens with two attached hydrogens (primary N) is 1. The Balaban J connectivity index is 2.17. The summed E-state index contributed by atoms with van der Waals surface area (Å²) in [6.45, 7) is 0.